The first kappa shape index (κ1) is 22.6. The molecule has 0 unspecified atom stereocenters. The topological polar surface area (TPSA) is 84.0 Å². The van der Waals surface area contributed by atoms with Gasteiger partial charge in [-0.25, -0.2) is 9.79 Å². The summed E-state index contributed by atoms with van der Waals surface area (Å²) in [6.45, 7) is 13.8. The van der Waals surface area contributed by atoms with Crippen molar-refractivity contribution in [3.05, 3.63) is 29.8 Å². The molecule has 0 bridgehead atoms. The number of hydrogen-bond donors (Lipinski definition) is 3. The molecule has 7 heteroatoms. The predicted molar refractivity (Wildman–Crippen MR) is 109 cm³/mol. The van der Waals surface area contributed by atoms with Crippen molar-refractivity contribution in [2.24, 2.45) is 4.99 Å². The van der Waals surface area contributed by atoms with E-state index in [2.05, 4.69) is 20.9 Å². The minimum Gasteiger partial charge on any atom is -0.491 e. The van der Waals surface area contributed by atoms with Gasteiger partial charge >= 0.3 is 6.09 Å². The maximum atomic E-state index is 11.6. The molecule has 1 aromatic carbocycles. The first-order chi connectivity index (χ1) is 12.7. The van der Waals surface area contributed by atoms with E-state index < -0.39 is 11.7 Å². The number of carbonyl (C=O) groups excluding carboxylic acids is 1. The van der Waals surface area contributed by atoms with E-state index in [4.69, 9.17) is 9.47 Å². The van der Waals surface area contributed by atoms with Crippen LogP contribution in [0.25, 0.3) is 0 Å². The van der Waals surface area contributed by atoms with E-state index in [9.17, 15) is 4.79 Å². The number of aliphatic imine (C=N–C) groups is 1. The Bertz CT molecular complexity index is 609. The lowest BCUT2D eigenvalue weighted by Crippen LogP contribution is -2.42. The second-order valence-corrected chi connectivity index (χ2v) is 7.36. The van der Waals surface area contributed by atoms with Crippen LogP contribution < -0.4 is 20.7 Å². The summed E-state index contributed by atoms with van der Waals surface area (Å²) in [6, 6.07) is 7.92. The summed E-state index contributed by atoms with van der Waals surface area (Å²) in [5.74, 6) is 1.54. The molecule has 0 radical (unpaired) electrons. The van der Waals surface area contributed by atoms with Gasteiger partial charge in [-0.3, -0.25) is 0 Å². The summed E-state index contributed by atoms with van der Waals surface area (Å²) in [5.41, 5.74) is 0.569. The second-order valence-electron chi connectivity index (χ2n) is 7.36. The van der Waals surface area contributed by atoms with Crippen LogP contribution >= 0.6 is 0 Å². The van der Waals surface area contributed by atoms with Crippen molar-refractivity contribution in [2.75, 3.05) is 19.6 Å². The number of ether oxygens (including phenoxy) is 2. The Labute approximate surface area is 162 Å². The van der Waals surface area contributed by atoms with Gasteiger partial charge in [-0.1, -0.05) is 12.1 Å². The minimum atomic E-state index is -0.498. The van der Waals surface area contributed by atoms with Crippen molar-refractivity contribution in [1.82, 2.24) is 16.0 Å². The Balaban J connectivity index is 2.49. The monoisotopic (exact) mass is 378 g/mol. The van der Waals surface area contributed by atoms with E-state index in [-0.39, 0.29) is 6.10 Å². The lowest BCUT2D eigenvalue weighted by molar-refractivity contribution is 0.0529. The molecule has 27 heavy (non-hydrogen) atoms. The normalized spacial score (nSPS) is 11.9. The molecule has 1 amide bonds. The summed E-state index contributed by atoms with van der Waals surface area (Å²) >= 11 is 0. The highest BCUT2D eigenvalue weighted by molar-refractivity contribution is 5.79. The van der Waals surface area contributed by atoms with Gasteiger partial charge in [0.15, 0.2) is 5.96 Å². The zero-order chi connectivity index (χ0) is 20.3. The standard InChI is InChI=1S/C20H34N4O3/c1-7-21-18(22-11-12-23-19(25)27-20(4,5)6)24-14-16-9-8-10-17(13-16)26-15(2)3/h8-10,13,15H,7,11-12,14H2,1-6H3,(H,23,25)(H2,21,22,24). The van der Waals surface area contributed by atoms with Gasteiger partial charge in [-0.2, -0.15) is 0 Å². The van der Waals surface area contributed by atoms with Gasteiger partial charge in [-0.15, -0.1) is 0 Å². The summed E-state index contributed by atoms with van der Waals surface area (Å²) in [5, 5.41) is 9.10. The van der Waals surface area contributed by atoms with Crippen LogP contribution in [0.5, 0.6) is 5.75 Å². The maximum Gasteiger partial charge on any atom is 0.407 e. The number of carbonyl (C=O) groups is 1. The lowest BCUT2D eigenvalue weighted by Gasteiger charge is -2.19. The van der Waals surface area contributed by atoms with Crippen LogP contribution in [0.1, 0.15) is 47.1 Å². The molecule has 0 heterocycles. The highest BCUT2D eigenvalue weighted by Gasteiger charge is 2.15. The number of amides is 1. The van der Waals surface area contributed by atoms with Gasteiger partial charge in [-0.05, 0) is 59.2 Å². The largest absolute Gasteiger partial charge is 0.491 e. The third-order valence-corrected chi connectivity index (χ3v) is 3.12. The molecule has 7 nitrogen and oxygen atoms in total. The number of nitrogens with zero attached hydrogens (tertiary/aromatic N) is 1. The molecule has 0 fully saturated rings. The van der Waals surface area contributed by atoms with E-state index in [0.29, 0.717) is 25.6 Å². The first-order valence-electron chi connectivity index (χ1n) is 9.44. The Morgan fingerprint density at radius 3 is 2.48 bits per heavy atom. The van der Waals surface area contributed by atoms with Gasteiger partial charge in [0.1, 0.15) is 11.4 Å². The van der Waals surface area contributed by atoms with Crippen LogP contribution in [0.4, 0.5) is 4.79 Å². The quantitative estimate of drug-likeness (QED) is 0.368. The molecule has 152 valence electrons. The maximum absolute atomic E-state index is 11.6. The SMILES string of the molecule is CCNC(=NCc1cccc(OC(C)C)c1)NCCNC(=O)OC(C)(C)C. The Kier molecular flexibility index (Phi) is 9.47. The van der Waals surface area contributed by atoms with E-state index in [1.165, 1.54) is 0 Å². The third kappa shape index (κ3) is 11.0. The van der Waals surface area contributed by atoms with Crippen LogP contribution in [0.2, 0.25) is 0 Å². The molecule has 0 aliphatic rings. The van der Waals surface area contributed by atoms with Crippen LogP contribution in [0, 0.1) is 0 Å². The van der Waals surface area contributed by atoms with Crippen molar-refractivity contribution in [2.45, 2.75) is 59.8 Å². The molecule has 0 aliphatic heterocycles. The molecule has 0 saturated carbocycles. The summed E-state index contributed by atoms with van der Waals surface area (Å²) < 4.78 is 10.9. The first-order valence-corrected chi connectivity index (χ1v) is 9.44. The zero-order valence-electron chi connectivity index (χ0n) is 17.4. The number of guanidine groups is 1. The second kappa shape index (κ2) is 11.3. The van der Waals surface area contributed by atoms with Crippen LogP contribution in [-0.4, -0.2) is 43.4 Å². The molecular formula is C20H34N4O3. The Morgan fingerprint density at radius 1 is 1.15 bits per heavy atom. The number of hydrogen-bond acceptors (Lipinski definition) is 4. The highest BCUT2D eigenvalue weighted by atomic mass is 16.6. The van der Waals surface area contributed by atoms with E-state index >= 15 is 0 Å². The molecule has 1 rings (SSSR count). The summed E-state index contributed by atoms with van der Waals surface area (Å²) in [6.07, 6.45) is -0.284. The lowest BCUT2D eigenvalue weighted by atomic mass is 10.2. The van der Waals surface area contributed by atoms with E-state index in [1.807, 2.05) is 65.8 Å². The van der Waals surface area contributed by atoms with Gasteiger partial charge in [0, 0.05) is 19.6 Å². The Morgan fingerprint density at radius 2 is 1.85 bits per heavy atom. The van der Waals surface area contributed by atoms with Gasteiger partial charge in [0.05, 0.1) is 12.6 Å². The number of benzene rings is 1. The van der Waals surface area contributed by atoms with Crippen molar-refractivity contribution in [1.29, 1.82) is 0 Å². The fraction of sp³-hybridized carbons (Fsp3) is 0.600. The van der Waals surface area contributed by atoms with Gasteiger partial charge < -0.3 is 25.4 Å². The molecule has 0 spiro atoms. The van der Waals surface area contributed by atoms with Crippen molar-refractivity contribution in [3.8, 4) is 5.75 Å². The predicted octanol–water partition coefficient (Wildman–Crippen LogP) is 3.05. The van der Waals surface area contributed by atoms with Crippen molar-refractivity contribution in [3.63, 3.8) is 0 Å². The Hall–Kier alpha value is -2.44. The van der Waals surface area contributed by atoms with Crippen LogP contribution in [0.15, 0.2) is 29.3 Å². The smallest absolute Gasteiger partial charge is 0.407 e. The average molecular weight is 379 g/mol. The fourth-order valence-corrected chi connectivity index (χ4v) is 2.16. The molecule has 0 atom stereocenters. The molecular weight excluding hydrogens is 344 g/mol. The van der Waals surface area contributed by atoms with E-state index in [0.717, 1.165) is 17.9 Å². The molecule has 1 aromatic rings. The zero-order valence-corrected chi connectivity index (χ0v) is 17.4. The molecule has 3 N–H and O–H groups in total. The number of nitrogens with one attached hydrogen (secondary N) is 3. The van der Waals surface area contributed by atoms with Crippen LogP contribution in [-0.2, 0) is 11.3 Å². The highest BCUT2D eigenvalue weighted by Crippen LogP contribution is 2.15. The fourth-order valence-electron chi connectivity index (χ4n) is 2.16. The molecule has 0 saturated heterocycles. The minimum absolute atomic E-state index is 0.139. The van der Waals surface area contributed by atoms with E-state index in [1.54, 1.807) is 0 Å². The molecule has 0 aliphatic carbocycles. The summed E-state index contributed by atoms with van der Waals surface area (Å²) in [4.78, 5) is 16.2. The van der Waals surface area contributed by atoms with Gasteiger partial charge in [0.25, 0.3) is 0 Å². The van der Waals surface area contributed by atoms with Crippen LogP contribution in [0.3, 0.4) is 0 Å². The number of rotatable bonds is 8. The average Bonchev–Trinajstić information content (AvgIpc) is 2.54. The number of alkyl carbamates (subject to hydrolysis) is 1. The summed E-state index contributed by atoms with van der Waals surface area (Å²) in [7, 11) is 0. The van der Waals surface area contributed by atoms with Crippen molar-refractivity contribution >= 4 is 12.1 Å². The third-order valence-electron chi connectivity index (χ3n) is 3.12. The van der Waals surface area contributed by atoms with Gasteiger partial charge in [0.2, 0.25) is 0 Å². The molecule has 0 aromatic heterocycles. The van der Waals surface area contributed by atoms with Crippen molar-refractivity contribution < 1.29 is 14.3 Å².